The lowest BCUT2D eigenvalue weighted by atomic mass is 10.2. The second-order valence-corrected chi connectivity index (χ2v) is 3.25. The molecule has 0 heterocycles. The van der Waals surface area contributed by atoms with E-state index in [9.17, 15) is 0 Å². The molecule has 0 spiro atoms. The summed E-state index contributed by atoms with van der Waals surface area (Å²) in [5, 5.41) is 3.97. The summed E-state index contributed by atoms with van der Waals surface area (Å²) < 4.78 is 0. The predicted molar refractivity (Wildman–Crippen MR) is 82.2 cm³/mol. The van der Waals surface area contributed by atoms with Crippen LogP contribution < -0.4 is 0 Å². The van der Waals surface area contributed by atoms with Gasteiger partial charge in [0.25, 0.3) is 0 Å². The molecular weight excluding hydrogens is 222 g/mol. The van der Waals surface area contributed by atoms with Crippen LogP contribution in [0.15, 0.2) is 35.5 Å². The van der Waals surface area contributed by atoms with Crippen molar-refractivity contribution in [1.29, 1.82) is 0 Å². The van der Waals surface area contributed by atoms with Gasteiger partial charge in [-0.25, -0.2) is 0 Å². The van der Waals surface area contributed by atoms with Crippen molar-refractivity contribution in [1.82, 2.24) is 0 Å². The minimum atomic E-state index is 0.654. The first-order valence-electron chi connectivity index (χ1n) is 7.02. The molecule has 0 unspecified atom stereocenters. The van der Waals surface area contributed by atoms with Crippen molar-refractivity contribution in [3.8, 4) is 0 Å². The molecule has 0 N–H and O–H groups in total. The summed E-state index contributed by atoms with van der Waals surface area (Å²) in [4.78, 5) is 5.18. The molecule has 2 nitrogen and oxygen atoms in total. The molecule has 1 aromatic rings. The molecule has 1 aromatic carbocycles. The molecule has 0 amide bonds. The van der Waals surface area contributed by atoms with Crippen molar-refractivity contribution >= 4 is 5.71 Å². The van der Waals surface area contributed by atoms with Gasteiger partial charge in [-0.1, -0.05) is 70.1 Å². The number of nitrogens with zero attached hydrogens (tertiary/aromatic N) is 1. The second-order valence-electron chi connectivity index (χ2n) is 3.25. The predicted octanol–water partition coefficient (Wildman–Crippen LogP) is 5.08. The number of hydrogen-bond acceptors (Lipinski definition) is 2. The normalized spacial score (nSPS) is 9.56. The van der Waals surface area contributed by atoms with Crippen LogP contribution in [0, 0.1) is 0 Å². The van der Waals surface area contributed by atoms with E-state index in [1.54, 1.807) is 0 Å². The van der Waals surface area contributed by atoms with Gasteiger partial charge in [0.1, 0.15) is 6.61 Å². The lowest BCUT2D eigenvalue weighted by Crippen LogP contribution is -1.96. The smallest absolute Gasteiger partial charge is 0.121 e. The zero-order chi connectivity index (χ0) is 14.2. The molecule has 0 aliphatic rings. The summed E-state index contributed by atoms with van der Waals surface area (Å²) >= 11 is 0. The minimum absolute atomic E-state index is 0.654. The van der Waals surface area contributed by atoms with Crippen LogP contribution in [0.25, 0.3) is 0 Å². The highest BCUT2D eigenvalue weighted by atomic mass is 16.6. The van der Waals surface area contributed by atoms with Crippen LogP contribution in [0.3, 0.4) is 0 Å². The number of benzene rings is 1. The van der Waals surface area contributed by atoms with Gasteiger partial charge in [0, 0.05) is 6.42 Å². The van der Waals surface area contributed by atoms with Crippen LogP contribution in [0.2, 0.25) is 0 Å². The maximum Gasteiger partial charge on any atom is 0.121 e. The molecule has 0 fully saturated rings. The fourth-order valence-corrected chi connectivity index (χ4v) is 1.03. The van der Waals surface area contributed by atoms with Crippen LogP contribution in [-0.2, 0) is 11.3 Å². The van der Waals surface area contributed by atoms with E-state index in [2.05, 4.69) is 24.2 Å². The molecule has 0 atom stereocenters. The lowest BCUT2D eigenvalue weighted by Gasteiger charge is -2.00. The van der Waals surface area contributed by atoms with Crippen LogP contribution in [0.5, 0.6) is 0 Å². The fourth-order valence-electron chi connectivity index (χ4n) is 1.03. The van der Waals surface area contributed by atoms with Gasteiger partial charge in [-0.05, 0) is 18.9 Å². The van der Waals surface area contributed by atoms with Crippen molar-refractivity contribution in [2.75, 3.05) is 6.61 Å². The Morgan fingerprint density at radius 2 is 1.61 bits per heavy atom. The van der Waals surface area contributed by atoms with Crippen LogP contribution >= 0.6 is 0 Å². The van der Waals surface area contributed by atoms with Gasteiger partial charge in [0.05, 0.1) is 5.71 Å². The molecule has 2 heteroatoms. The Kier molecular flexibility index (Phi) is 16.6. The van der Waals surface area contributed by atoms with Gasteiger partial charge in [-0.2, -0.15) is 0 Å². The van der Waals surface area contributed by atoms with E-state index >= 15 is 0 Å². The third-order valence-corrected chi connectivity index (χ3v) is 2.06. The molecule has 0 radical (unpaired) electrons. The first-order chi connectivity index (χ1) is 8.83. The summed E-state index contributed by atoms with van der Waals surface area (Å²) in [6, 6.07) is 10.3. The number of oxime groups is 1. The average molecular weight is 251 g/mol. The lowest BCUT2D eigenvalue weighted by molar-refractivity contribution is 0.147. The SMILES string of the molecule is CC.CC.CC/C(C)=N/OCCc1ccccc1. The van der Waals surface area contributed by atoms with Crippen LogP contribution in [-0.4, -0.2) is 12.3 Å². The summed E-state index contributed by atoms with van der Waals surface area (Å²) in [5.41, 5.74) is 2.33. The Hall–Kier alpha value is -1.31. The topological polar surface area (TPSA) is 21.6 Å². The molecule has 0 saturated carbocycles. The van der Waals surface area contributed by atoms with E-state index in [0.29, 0.717) is 6.61 Å². The maximum absolute atomic E-state index is 5.18. The Morgan fingerprint density at radius 3 is 2.11 bits per heavy atom. The highest BCUT2D eigenvalue weighted by molar-refractivity contribution is 5.80. The van der Waals surface area contributed by atoms with Crippen molar-refractivity contribution in [3.05, 3.63) is 35.9 Å². The zero-order valence-corrected chi connectivity index (χ0v) is 12.9. The van der Waals surface area contributed by atoms with E-state index < -0.39 is 0 Å². The highest BCUT2D eigenvalue weighted by Gasteiger charge is 1.91. The monoisotopic (exact) mass is 251 g/mol. The average Bonchev–Trinajstić information content (AvgIpc) is 2.48. The van der Waals surface area contributed by atoms with Gasteiger partial charge >= 0.3 is 0 Å². The van der Waals surface area contributed by atoms with E-state index in [0.717, 1.165) is 18.6 Å². The molecule has 0 aromatic heterocycles. The zero-order valence-electron chi connectivity index (χ0n) is 12.9. The largest absolute Gasteiger partial charge is 0.396 e. The van der Waals surface area contributed by atoms with Gasteiger partial charge in [-0.3, -0.25) is 0 Å². The van der Waals surface area contributed by atoms with E-state index in [1.807, 2.05) is 52.8 Å². The molecule has 1 rings (SSSR count). The van der Waals surface area contributed by atoms with Crippen molar-refractivity contribution in [2.45, 2.75) is 54.4 Å². The summed E-state index contributed by atoms with van der Waals surface area (Å²) in [6.07, 6.45) is 1.87. The minimum Gasteiger partial charge on any atom is -0.396 e. The van der Waals surface area contributed by atoms with E-state index in [4.69, 9.17) is 4.84 Å². The number of hydrogen-bond donors (Lipinski definition) is 0. The summed E-state index contributed by atoms with van der Waals surface area (Å²) in [7, 11) is 0. The standard InChI is InChI=1S/C12H17NO.2C2H6/c1-3-11(2)13-14-10-9-12-7-5-4-6-8-12;2*1-2/h4-8H,3,9-10H2,1-2H3;2*1-2H3/b13-11+;;. The van der Waals surface area contributed by atoms with Gasteiger partial charge in [0.2, 0.25) is 0 Å². The molecule has 104 valence electrons. The van der Waals surface area contributed by atoms with Crippen LogP contribution in [0.1, 0.15) is 53.5 Å². The molecule has 0 bridgehead atoms. The van der Waals surface area contributed by atoms with Gasteiger partial charge in [-0.15, -0.1) is 0 Å². The Balaban J connectivity index is 0. The summed E-state index contributed by atoms with van der Waals surface area (Å²) in [6.45, 7) is 12.7. The number of rotatable bonds is 5. The third-order valence-electron chi connectivity index (χ3n) is 2.06. The Bertz CT molecular complexity index is 280. The van der Waals surface area contributed by atoms with Crippen LogP contribution in [0.4, 0.5) is 0 Å². The second kappa shape index (κ2) is 15.7. The van der Waals surface area contributed by atoms with Crippen molar-refractivity contribution in [2.24, 2.45) is 5.16 Å². The molecule has 0 saturated heterocycles. The van der Waals surface area contributed by atoms with Gasteiger partial charge in [0.15, 0.2) is 0 Å². The summed E-state index contributed by atoms with van der Waals surface area (Å²) in [5.74, 6) is 0. The highest BCUT2D eigenvalue weighted by Crippen LogP contribution is 1.99. The third kappa shape index (κ3) is 11.2. The molecular formula is C16H29NO. The maximum atomic E-state index is 5.18. The fraction of sp³-hybridized carbons (Fsp3) is 0.562. The molecule has 18 heavy (non-hydrogen) atoms. The Labute approximate surface area is 113 Å². The first kappa shape index (κ1) is 19.0. The van der Waals surface area contributed by atoms with E-state index in [-0.39, 0.29) is 0 Å². The van der Waals surface area contributed by atoms with Crippen molar-refractivity contribution < 1.29 is 4.84 Å². The molecule has 0 aliphatic carbocycles. The molecule has 0 aliphatic heterocycles. The quantitative estimate of drug-likeness (QED) is 0.406. The van der Waals surface area contributed by atoms with Crippen molar-refractivity contribution in [3.63, 3.8) is 0 Å². The van der Waals surface area contributed by atoms with Gasteiger partial charge < -0.3 is 4.84 Å². The Morgan fingerprint density at radius 1 is 1.06 bits per heavy atom. The first-order valence-corrected chi connectivity index (χ1v) is 7.02. The van der Waals surface area contributed by atoms with E-state index in [1.165, 1.54) is 5.56 Å².